The first-order chi connectivity index (χ1) is 13.6. The van der Waals surface area contributed by atoms with Crippen LogP contribution in [-0.2, 0) is 4.79 Å². The number of fused-ring (bicyclic) bond motifs is 1. The van der Waals surface area contributed by atoms with Crippen molar-refractivity contribution in [2.75, 3.05) is 10.6 Å². The molecule has 2 aromatic carbocycles. The zero-order chi connectivity index (χ0) is 19.7. The first kappa shape index (κ1) is 17.8. The number of nitriles is 1. The van der Waals surface area contributed by atoms with E-state index in [1.54, 1.807) is 24.3 Å². The summed E-state index contributed by atoms with van der Waals surface area (Å²) in [7, 11) is 0. The van der Waals surface area contributed by atoms with Gasteiger partial charge >= 0.3 is 0 Å². The van der Waals surface area contributed by atoms with Crippen molar-refractivity contribution < 1.29 is 4.79 Å². The zero-order valence-corrected chi connectivity index (χ0v) is 15.2. The van der Waals surface area contributed by atoms with Crippen molar-refractivity contribution in [1.82, 2.24) is 9.97 Å². The van der Waals surface area contributed by atoms with Crippen LogP contribution in [0.4, 0.5) is 17.5 Å². The molecule has 1 aromatic heterocycles. The Balaban J connectivity index is 1.82. The molecule has 0 saturated heterocycles. The normalized spacial score (nSPS) is 17.9. The summed E-state index contributed by atoms with van der Waals surface area (Å²) in [5.74, 6) is -1.96. The number of nitrogens with zero attached hydrogens (tertiary/aromatic N) is 2. The molecule has 7 nitrogen and oxygen atoms in total. The molecule has 138 valence electrons. The fraction of sp³-hybridized carbons (Fsp3) is 0.100. The van der Waals surface area contributed by atoms with E-state index in [0.717, 1.165) is 5.69 Å². The first-order valence-electron chi connectivity index (χ1n) is 8.49. The number of aromatic nitrogens is 2. The second-order valence-corrected chi connectivity index (χ2v) is 6.73. The van der Waals surface area contributed by atoms with Gasteiger partial charge in [0.15, 0.2) is 0 Å². The maximum atomic E-state index is 12.9. The van der Waals surface area contributed by atoms with Crippen molar-refractivity contribution in [3.05, 3.63) is 81.1 Å². The number of hydrogen-bond donors (Lipinski definition) is 3. The van der Waals surface area contributed by atoms with Gasteiger partial charge in [-0.15, -0.1) is 0 Å². The van der Waals surface area contributed by atoms with Crippen LogP contribution in [0.25, 0.3) is 0 Å². The molecule has 3 aromatic rings. The fourth-order valence-corrected chi connectivity index (χ4v) is 3.38. The highest BCUT2D eigenvalue weighted by Crippen LogP contribution is 2.38. The number of carbonyl (C=O) groups excluding carboxylic acids is 1. The number of rotatable bonds is 3. The molecule has 0 aliphatic carbocycles. The van der Waals surface area contributed by atoms with Gasteiger partial charge in [0, 0.05) is 16.6 Å². The first-order valence-corrected chi connectivity index (χ1v) is 8.87. The maximum Gasteiger partial charge on any atom is 0.258 e. The van der Waals surface area contributed by atoms with Gasteiger partial charge in [-0.2, -0.15) is 10.2 Å². The number of nitrogens with one attached hydrogen (secondary N) is 3. The van der Waals surface area contributed by atoms with Crippen LogP contribution in [0.5, 0.6) is 0 Å². The van der Waals surface area contributed by atoms with Gasteiger partial charge in [-0.25, -0.2) is 0 Å². The lowest BCUT2D eigenvalue weighted by molar-refractivity contribution is -0.119. The Morgan fingerprint density at radius 1 is 1.07 bits per heavy atom. The quantitative estimate of drug-likeness (QED) is 0.633. The summed E-state index contributed by atoms with van der Waals surface area (Å²) >= 11 is 5.95. The molecule has 1 amide bonds. The second-order valence-electron chi connectivity index (χ2n) is 6.29. The molecule has 4 rings (SSSR count). The van der Waals surface area contributed by atoms with Crippen molar-refractivity contribution in [3.63, 3.8) is 0 Å². The lowest BCUT2D eigenvalue weighted by Crippen LogP contribution is -2.38. The van der Waals surface area contributed by atoms with Gasteiger partial charge in [-0.1, -0.05) is 41.9 Å². The standard InChI is InChI=1S/C20H14ClN5O2/c21-12-8-6-11(7-9-12)15-14(10-22)18(27)24-17-16(15)19(28)26-20(25-17)23-13-4-2-1-3-5-13/h1-9,14-15H,(H3,23,24,25,26,27,28)/t14-,15-/m0/s1. The summed E-state index contributed by atoms with van der Waals surface area (Å²) in [6.07, 6.45) is 0. The van der Waals surface area contributed by atoms with Gasteiger partial charge in [0.05, 0.1) is 11.6 Å². The molecular formula is C20H14ClN5O2. The molecule has 0 bridgehead atoms. The van der Waals surface area contributed by atoms with Gasteiger partial charge in [0.2, 0.25) is 11.9 Å². The number of para-hydroxylation sites is 1. The van der Waals surface area contributed by atoms with E-state index in [1.165, 1.54) is 0 Å². The molecule has 2 heterocycles. The molecule has 0 fully saturated rings. The lowest BCUT2D eigenvalue weighted by atomic mass is 9.79. The van der Waals surface area contributed by atoms with Gasteiger partial charge in [-0.05, 0) is 29.8 Å². The minimum Gasteiger partial charge on any atom is -0.326 e. The number of benzene rings is 2. The Morgan fingerprint density at radius 2 is 1.79 bits per heavy atom. The van der Waals surface area contributed by atoms with E-state index in [1.807, 2.05) is 36.4 Å². The lowest BCUT2D eigenvalue weighted by Gasteiger charge is -2.28. The highest BCUT2D eigenvalue weighted by atomic mass is 35.5. The van der Waals surface area contributed by atoms with E-state index >= 15 is 0 Å². The molecule has 0 saturated carbocycles. The molecule has 1 aliphatic rings. The van der Waals surface area contributed by atoms with Crippen LogP contribution in [0.2, 0.25) is 5.02 Å². The molecule has 2 atom stereocenters. The van der Waals surface area contributed by atoms with E-state index < -0.39 is 23.3 Å². The predicted octanol–water partition coefficient (Wildman–Crippen LogP) is 3.39. The van der Waals surface area contributed by atoms with E-state index in [0.29, 0.717) is 10.6 Å². The minimum absolute atomic E-state index is 0.138. The molecular weight excluding hydrogens is 378 g/mol. The topological polar surface area (TPSA) is 111 Å². The number of halogens is 1. The van der Waals surface area contributed by atoms with Crippen molar-refractivity contribution in [2.45, 2.75) is 5.92 Å². The van der Waals surface area contributed by atoms with E-state index in [-0.39, 0.29) is 17.3 Å². The molecule has 0 spiro atoms. The summed E-state index contributed by atoms with van der Waals surface area (Å²) < 4.78 is 0. The van der Waals surface area contributed by atoms with Gasteiger partial charge in [0.25, 0.3) is 5.56 Å². The largest absolute Gasteiger partial charge is 0.326 e. The average Bonchev–Trinajstić information content (AvgIpc) is 2.68. The average molecular weight is 392 g/mol. The number of H-pyrrole nitrogens is 1. The van der Waals surface area contributed by atoms with Crippen LogP contribution >= 0.6 is 11.6 Å². The number of amides is 1. The van der Waals surface area contributed by atoms with Gasteiger partial charge in [0.1, 0.15) is 11.7 Å². The molecule has 3 N–H and O–H groups in total. The van der Waals surface area contributed by atoms with Crippen LogP contribution in [0.1, 0.15) is 17.0 Å². The Kier molecular flexibility index (Phi) is 4.55. The molecule has 0 unspecified atom stereocenters. The number of aromatic amines is 1. The molecule has 1 aliphatic heterocycles. The van der Waals surface area contributed by atoms with Crippen LogP contribution in [0.3, 0.4) is 0 Å². The monoisotopic (exact) mass is 391 g/mol. The van der Waals surface area contributed by atoms with Crippen LogP contribution in [0.15, 0.2) is 59.4 Å². The highest BCUT2D eigenvalue weighted by molar-refractivity contribution is 6.30. The maximum absolute atomic E-state index is 12.9. The van der Waals surface area contributed by atoms with Crippen LogP contribution in [0, 0.1) is 17.2 Å². The van der Waals surface area contributed by atoms with Crippen molar-refractivity contribution in [2.24, 2.45) is 5.92 Å². The third-order valence-electron chi connectivity index (χ3n) is 4.53. The Hall–Kier alpha value is -3.63. The SMILES string of the molecule is N#C[C@@H]1C(=O)Nc2nc(Nc3ccccc3)[nH]c(=O)c2[C@H]1c1ccc(Cl)cc1. The summed E-state index contributed by atoms with van der Waals surface area (Å²) in [6, 6.07) is 17.9. The Bertz CT molecular complexity index is 1140. The summed E-state index contributed by atoms with van der Waals surface area (Å²) in [6.45, 7) is 0. The summed E-state index contributed by atoms with van der Waals surface area (Å²) in [5, 5.41) is 15.6. The van der Waals surface area contributed by atoms with Crippen molar-refractivity contribution in [3.8, 4) is 6.07 Å². The van der Waals surface area contributed by atoms with Crippen molar-refractivity contribution >= 4 is 35.0 Å². The van der Waals surface area contributed by atoms with E-state index in [9.17, 15) is 14.9 Å². The highest BCUT2D eigenvalue weighted by Gasteiger charge is 2.40. The van der Waals surface area contributed by atoms with Gasteiger partial charge in [-0.3, -0.25) is 14.6 Å². The fourth-order valence-electron chi connectivity index (χ4n) is 3.26. The van der Waals surface area contributed by atoms with Crippen LogP contribution in [-0.4, -0.2) is 15.9 Å². The summed E-state index contributed by atoms with van der Waals surface area (Å²) in [4.78, 5) is 32.4. The predicted molar refractivity (Wildman–Crippen MR) is 106 cm³/mol. The molecule has 8 heteroatoms. The number of anilines is 3. The molecule has 28 heavy (non-hydrogen) atoms. The molecule has 0 radical (unpaired) electrons. The zero-order valence-electron chi connectivity index (χ0n) is 14.4. The van der Waals surface area contributed by atoms with Crippen molar-refractivity contribution in [1.29, 1.82) is 5.26 Å². The Labute approximate surface area is 165 Å². The van der Waals surface area contributed by atoms with E-state index in [4.69, 9.17) is 11.6 Å². The van der Waals surface area contributed by atoms with Crippen LogP contribution < -0.4 is 16.2 Å². The van der Waals surface area contributed by atoms with Gasteiger partial charge < -0.3 is 10.6 Å². The summed E-state index contributed by atoms with van der Waals surface area (Å²) in [5.41, 5.74) is 1.19. The second kappa shape index (κ2) is 7.18. The minimum atomic E-state index is -1.05. The smallest absolute Gasteiger partial charge is 0.258 e. The Morgan fingerprint density at radius 3 is 2.46 bits per heavy atom. The third-order valence-corrected chi connectivity index (χ3v) is 4.78. The number of hydrogen-bond acceptors (Lipinski definition) is 5. The van der Waals surface area contributed by atoms with E-state index in [2.05, 4.69) is 20.6 Å². The third kappa shape index (κ3) is 3.21. The number of carbonyl (C=O) groups is 1.